The van der Waals surface area contributed by atoms with Crippen molar-refractivity contribution in [2.24, 2.45) is 0 Å². The fourth-order valence-corrected chi connectivity index (χ4v) is 2.76. The van der Waals surface area contributed by atoms with Gasteiger partial charge in [0.05, 0.1) is 14.2 Å². The van der Waals surface area contributed by atoms with Gasteiger partial charge in [-0.3, -0.25) is 4.79 Å². The molecule has 0 atom stereocenters. The van der Waals surface area contributed by atoms with Crippen LogP contribution >= 0.6 is 0 Å². The van der Waals surface area contributed by atoms with Crippen LogP contribution in [0.25, 0.3) is 6.08 Å². The summed E-state index contributed by atoms with van der Waals surface area (Å²) in [5, 5.41) is 12.7. The molecule has 6 nitrogen and oxygen atoms in total. The lowest BCUT2D eigenvalue weighted by atomic mass is 10.1. The van der Waals surface area contributed by atoms with Crippen molar-refractivity contribution in [3.05, 3.63) is 83.9 Å². The molecule has 0 aliphatic carbocycles. The molecule has 0 saturated carbocycles. The van der Waals surface area contributed by atoms with Crippen LogP contribution in [-0.2, 0) is 11.4 Å². The molecule has 0 radical (unpaired) electrons. The van der Waals surface area contributed by atoms with Gasteiger partial charge in [-0.05, 0) is 54.1 Å². The predicted molar refractivity (Wildman–Crippen MR) is 116 cm³/mol. The first-order valence-corrected chi connectivity index (χ1v) is 9.30. The summed E-state index contributed by atoms with van der Waals surface area (Å²) >= 11 is 0. The number of aromatic hydroxyl groups is 1. The molecule has 0 saturated heterocycles. The van der Waals surface area contributed by atoms with Gasteiger partial charge in [-0.2, -0.15) is 0 Å². The normalized spacial score (nSPS) is 10.6. The van der Waals surface area contributed by atoms with Crippen molar-refractivity contribution in [1.82, 2.24) is 0 Å². The van der Waals surface area contributed by atoms with Gasteiger partial charge in [0, 0.05) is 17.3 Å². The maximum absolute atomic E-state index is 12.4. The molecule has 1 amide bonds. The Morgan fingerprint density at radius 2 is 1.70 bits per heavy atom. The number of nitrogens with one attached hydrogen (secondary N) is 1. The maximum Gasteiger partial charge on any atom is 0.248 e. The molecule has 3 aromatic carbocycles. The largest absolute Gasteiger partial charge is 0.504 e. The fourth-order valence-electron chi connectivity index (χ4n) is 2.76. The van der Waals surface area contributed by atoms with Crippen molar-refractivity contribution in [2.75, 3.05) is 19.5 Å². The molecule has 0 spiro atoms. The van der Waals surface area contributed by atoms with E-state index in [1.54, 1.807) is 25.3 Å². The molecule has 6 heteroatoms. The molecule has 0 bridgehead atoms. The lowest BCUT2D eigenvalue weighted by molar-refractivity contribution is -0.111. The highest BCUT2D eigenvalue weighted by Gasteiger charge is 2.06. The standard InChI is InChI=1S/C24H23NO5/c1-28-19-9-11-20(12-10-19)30-16-18-5-3-4-6-21(18)25-24(27)14-8-17-7-13-23(29-2)22(26)15-17/h3-15,26H,16H2,1-2H3,(H,25,27)/b14-8+. The molecule has 0 aliphatic rings. The number of carbonyl (C=O) groups excluding carboxylic acids is 1. The Balaban J connectivity index is 1.63. The highest BCUT2D eigenvalue weighted by molar-refractivity contribution is 6.02. The van der Waals surface area contributed by atoms with Crippen LogP contribution in [0.3, 0.4) is 0 Å². The third-order valence-corrected chi connectivity index (χ3v) is 4.36. The Labute approximate surface area is 175 Å². The van der Waals surface area contributed by atoms with Crippen molar-refractivity contribution in [3.8, 4) is 23.0 Å². The summed E-state index contributed by atoms with van der Waals surface area (Å²) in [4.78, 5) is 12.4. The minimum absolute atomic E-state index is 0.0149. The summed E-state index contributed by atoms with van der Waals surface area (Å²) in [7, 11) is 3.09. The van der Waals surface area contributed by atoms with Gasteiger partial charge in [-0.1, -0.05) is 24.3 Å². The van der Waals surface area contributed by atoms with E-state index in [2.05, 4.69) is 5.32 Å². The van der Waals surface area contributed by atoms with Crippen molar-refractivity contribution in [3.63, 3.8) is 0 Å². The minimum atomic E-state index is -0.290. The quantitative estimate of drug-likeness (QED) is 0.534. The van der Waals surface area contributed by atoms with Gasteiger partial charge in [0.25, 0.3) is 0 Å². The summed E-state index contributed by atoms with van der Waals surface area (Å²) in [5.41, 5.74) is 2.19. The molecule has 3 rings (SSSR count). The third-order valence-electron chi connectivity index (χ3n) is 4.36. The SMILES string of the molecule is COc1ccc(OCc2ccccc2NC(=O)/C=C/c2ccc(OC)c(O)c2)cc1. The second-order valence-electron chi connectivity index (χ2n) is 6.38. The number of hydrogen-bond acceptors (Lipinski definition) is 5. The minimum Gasteiger partial charge on any atom is -0.504 e. The Morgan fingerprint density at radius 1 is 0.967 bits per heavy atom. The zero-order valence-electron chi connectivity index (χ0n) is 16.8. The average molecular weight is 405 g/mol. The second-order valence-corrected chi connectivity index (χ2v) is 6.38. The summed E-state index contributed by atoms with van der Waals surface area (Å²) in [5.74, 6) is 1.56. The Hall–Kier alpha value is -3.93. The van der Waals surface area contributed by atoms with Gasteiger partial charge in [0.15, 0.2) is 11.5 Å². The van der Waals surface area contributed by atoms with Gasteiger partial charge in [-0.15, -0.1) is 0 Å². The van der Waals surface area contributed by atoms with Crippen molar-refractivity contribution in [2.45, 2.75) is 6.61 Å². The summed E-state index contributed by atoms with van der Waals surface area (Å²) in [6.45, 7) is 0.304. The van der Waals surface area contributed by atoms with E-state index in [-0.39, 0.29) is 11.7 Å². The maximum atomic E-state index is 12.4. The van der Waals surface area contributed by atoms with E-state index in [4.69, 9.17) is 14.2 Å². The molecule has 0 fully saturated rings. The lowest BCUT2D eigenvalue weighted by Crippen LogP contribution is -2.10. The Morgan fingerprint density at radius 3 is 2.40 bits per heavy atom. The van der Waals surface area contributed by atoms with Gasteiger partial charge >= 0.3 is 0 Å². The van der Waals surface area contributed by atoms with E-state index < -0.39 is 0 Å². The van der Waals surface area contributed by atoms with Crippen LogP contribution in [-0.4, -0.2) is 25.2 Å². The van der Waals surface area contributed by atoms with E-state index in [0.717, 1.165) is 11.3 Å². The molecule has 30 heavy (non-hydrogen) atoms. The number of amides is 1. The Kier molecular flexibility index (Phi) is 6.95. The third kappa shape index (κ3) is 5.54. The monoisotopic (exact) mass is 405 g/mol. The van der Waals surface area contributed by atoms with Gasteiger partial charge < -0.3 is 24.6 Å². The molecule has 0 unspecified atom stereocenters. The van der Waals surface area contributed by atoms with Crippen molar-refractivity contribution >= 4 is 17.7 Å². The van der Waals surface area contributed by atoms with E-state index in [1.807, 2.05) is 48.5 Å². The molecule has 3 aromatic rings. The van der Waals surface area contributed by atoms with Crippen LogP contribution in [0.4, 0.5) is 5.69 Å². The Bertz CT molecular complexity index is 1030. The first kappa shape index (κ1) is 20.8. The smallest absolute Gasteiger partial charge is 0.248 e. The number of carbonyl (C=O) groups is 1. The number of methoxy groups -OCH3 is 2. The van der Waals surface area contributed by atoms with E-state index in [9.17, 15) is 9.90 Å². The molecular formula is C24H23NO5. The van der Waals surface area contributed by atoms with E-state index in [1.165, 1.54) is 19.3 Å². The number of benzene rings is 3. The molecular weight excluding hydrogens is 382 g/mol. The molecule has 0 heterocycles. The molecule has 0 aliphatic heterocycles. The molecule has 2 N–H and O–H groups in total. The summed E-state index contributed by atoms with van der Waals surface area (Å²) in [6, 6.07) is 19.7. The number of hydrogen-bond donors (Lipinski definition) is 2. The van der Waals surface area contributed by atoms with Crippen molar-refractivity contribution < 1.29 is 24.1 Å². The first-order chi connectivity index (χ1) is 14.6. The summed E-state index contributed by atoms with van der Waals surface area (Å²) < 4.78 is 16.0. The number of ether oxygens (including phenoxy) is 3. The van der Waals surface area contributed by atoms with Crippen LogP contribution in [0.1, 0.15) is 11.1 Å². The van der Waals surface area contributed by atoms with Gasteiger partial charge in [0.1, 0.15) is 18.1 Å². The van der Waals surface area contributed by atoms with Crippen molar-refractivity contribution in [1.29, 1.82) is 0 Å². The first-order valence-electron chi connectivity index (χ1n) is 9.30. The number of phenols is 1. The topological polar surface area (TPSA) is 77.0 Å². The van der Waals surface area contributed by atoms with Crippen LogP contribution < -0.4 is 19.5 Å². The number of rotatable bonds is 8. The van der Waals surface area contributed by atoms with E-state index >= 15 is 0 Å². The summed E-state index contributed by atoms with van der Waals surface area (Å²) in [6.07, 6.45) is 3.02. The number of para-hydroxylation sites is 1. The number of anilines is 1. The van der Waals surface area contributed by atoms with E-state index in [0.29, 0.717) is 29.4 Å². The fraction of sp³-hybridized carbons (Fsp3) is 0.125. The zero-order valence-corrected chi connectivity index (χ0v) is 16.8. The zero-order chi connectivity index (χ0) is 21.3. The van der Waals surface area contributed by atoms with Crippen LogP contribution in [0, 0.1) is 0 Å². The van der Waals surface area contributed by atoms with Crippen LogP contribution in [0.2, 0.25) is 0 Å². The average Bonchev–Trinajstić information content (AvgIpc) is 2.77. The highest BCUT2D eigenvalue weighted by atomic mass is 16.5. The van der Waals surface area contributed by atoms with Gasteiger partial charge in [0.2, 0.25) is 5.91 Å². The molecule has 154 valence electrons. The molecule has 0 aromatic heterocycles. The predicted octanol–water partition coefficient (Wildman–Crippen LogP) is 4.64. The second kappa shape index (κ2) is 10.0. The number of phenolic OH excluding ortho intramolecular Hbond substituents is 1. The lowest BCUT2D eigenvalue weighted by Gasteiger charge is -2.12. The highest BCUT2D eigenvalue weighted by Crippen LogP contribution is 2.26. The van der Waals surface area contributed by atoms with Crippen LogP contribution in [0.15, 0.2) is 72.8 Å². The van der Waals surface area contributed by atoms with Crippen LogP contribution in [0.5, 0.6) is 23.0 Å². The van der Waals surface area contributed by atoms with Gasteiger partial charge in [-0.25, -0.2) is 0 Å².